The van der Waals surface area contributed by atoms with Crippen LogP contribution in [0.25, 0.3) is 0 Å². The van der Waals surface area contributed by atoms with E-state index in [9.17, 15) is 13.2 Å². The van der Waals surface area contributed by atoms with Crippen LogP contribution in [-0.2, 0) is 19.6 Å². The third-order valence-corrected chi connectivity index (χ3v) is 2.51. The minimum absolute atomic E-state index is 0.160. The first-order chi connectivity index (χ1) is 7.83. The van der Waals surface area contributed by atoms with Gasteiger partial charge in [-0.25, -0.2) is 0 Å². The van der Waals surface area contributed by atoms with Crippen LogP contribution in [0.2, 0.25) is 0 Å². The van der Waals surface area contributed by atoms with Gasteiger partial charge in [-0.1, -0.05) is 12.1 Å². The predicted octanol–water partition coefficient (Wildman–Crippen LogP) is 1.30. The first kappa shape index (κ1) is 13.7. The lowest BCUT2D eigenvalue weighted by Crippen LogP contribution is -2.11. The van der Waals surface area contributed by atoms with Gasteiger partial charge in [0.25, 0.3) is 0 Å². The van der Waals surface area contributed by atoms with Crippen molar-refractivity contribution >= 4 is 15.9 Å². The molecule has 17 heavy (non-hydrogen) atoms. The fraction of sp³-hybridized carbons (Fsp3) is 0.364. The first-order valence-electron chi connectivity index (χ1n) is 4.86. The first-order valence-corrected chi connectivity index (χ1v) is 6.68. The Bertz CT molecular complexity index is 506. The monoisotopic (exact) mass is 258 g/mol. The maximum atomic E-state index is 11.3. The summed E-state index contributed by atoms with van der Waals surface area (Å²) >= 11 is 0. The van der Waals surface area contributed by atoms with E-state index in [4.69, 9.17) is 8.92 Å². The third-order valence-electron chi connectivity index (χ3n) is 2.01. The highest BCUT2D eigenvalue weighted by Gasteiger charge is 2.16. The molecule has 0 spiro atoms. The number of rotatable bonds is 5. The Morgan fingerprint density at radius 2 is 2.00 bits per heavy atom. The second-order valence-corrected chi connectivity index (χ2v) is 5.16. The zero-order valence-corrected chi connectivity index (χ0v) is 10.7. The summed E-state index contributed by atoms with van der Waals surface area (Å²) in [4.78, 5) is 11.3. The number of carbonyl (C=O) groups excluding carboxylic acids is 1. The van der Waals surface area contributed by atoms with Gasteiger partial charge in [-0.3, -0.25) is 4.79 Å². The zero-order chi connectivity index (χ0) is 13.1. The highest BCUT2D eigenvalue weighted by atomic mass is 32.2. The Labute approximate surface area is 100 Å². The van der Waals surface area contributed by atoms with Gasteiger partial charge in [0.2, 0.25) is 0 Å². The van der Waals surface area contributed by atoms with E-state index in [-0.39, 0.29) is 11.5 Å². The van der Waals surface area contributed by atoms with Gasteiger partial charge in [-0.15, -0.1) is 0 Å². The van der Waals surface area contributed by atoms with Crippen molar-refractivity contribution in [2.24, 2.45) is 0 Å². The van der Waals surface area contributed by atoms with Gasteiger partial charge in [-0.05, 0) is 24.6 Å². The average Bonchev–Trinajstić information content (AvgIpc) is 2.15. The molecule has 0 radical (unpaired) electrons. The van der Waals surface area contributed by atoms with Crippen LogP contribution in [0.15, 0.2) is 24.3 Å². The molecule has 0 N–H and O–H groups in total. The van der Waals surface area contributed by atoms with Gasteiger partial charge in [0.05, 0.1) is 6.26 Å². The summed E-state index contributed by atoms with van der Waals surface area (Å²) < 4.78 is 31.7. The van der Waals surface area contributed by atoms with E-state index in [0.717, 1.165) is 6.26 Å². The van der Waals surface area contributed by atoms with Crippen LogP contribution in [0.3, 0.4) is 0 Å². The van der Waals surface area contributed by atoms with E-state index >= 15 is 0 Å². The molecule has 0 amide bonds. The molecule has 0 saturated carbocycles. The summed E-state index contributed by atoms with van der Waals surface area (Å²) in [7, 11) is -2.16. The lowest BCUT2D eigenvalue weighted by Gasteiger charge is -2.13. The molecule has 1 aromatic rings. The molecule has 0 fully saturated rings. The summed E-state index contributed by atoms with van der Waals surface area (Å²) in [5.74, 6) is -0.00249. The van der Waals surface area contributed by atoms with Crippen molar-refractivity contribution in [1.82, 2.24) is 0 Å². The van der Waals surface area contributed by atoms with Gasteiger partial charge in [0, 0.05) is 7.11 Å². The van der Waals surface area contributed by atoms with E-state index in [1.165, 1.54) is 26.2 Å². The fourth-order valence-electron chi connectivity index (χ4n) is 1.44. The molecule has 0 aliphatic carbocycles. The largest absolute Gasteiger partial charge is 0.383 e. The minimum atomic E-state index is -3.57. The SMILES string of the molecule is COC(C(C)=O)c1cccc(OS(C)(=O)=O)c1. The summed E-state index contributed by atoms with van der Waals surface area (Å²) in [5, 5.41) is 0. The summed E-state index contributed by atoms with van der Waals surface area (Å²) in [5.41, 5.74) is 0.557. The van der Waals surface area contributed by atoms with E-state index in [2.05, 4.69) is 0 Å². The molecular weight excluding hydrogens is 244 g/mol. The van der Waals surface area contributed by atoms with Crippen LogP contribution in [0.5, 0.6) is 5.75 Å². The lowest BCUT2D eigenvalue weighted by molar-refractivity contribution is -0.126. The molecule has 0 aliphatic heterocycles. The number of carbonyl (C=O) groups is 1. The third kappa shape index (κ3) is 4.16. The topological polar surface area (TPSA) is 69.7 Å². The van der Waals surface area contributed by atoms with Crippen molar-refractivity contribution in [3.05, 3.63) is 29.8 Å². The number of hydrogen-bond acceptors (Lipinski definition) is 5. The van der Waals surface area contributed by atoms with Crippen LogP contribution < -0.4 is 4.18 Å². The van der Waals surface area contributed by atoms with E-state index in [1.807, 2.05) is 0 Å². The smallest absolute Gasteiger partial charge is 0.306 e. The van der Waals surface area contributed by atoms with Gasteiger partial charge in [0.1, 0.15) is 11.9 Å². The number of Topliss-reactive ketones (excluding diaryl/α,β-unsaturated/α-hetero) is 1. The van der Waals surface area contributed by atoms with Crippen LogP contribution in [0.1, 0.15) is 18.6 Å². The van der Waals surface area contributed by atoms with Crippen LogP contribution in [0.4, 0.5) is 0 Å². The maximum absolute atomic E-state index is 11.3. The number of methoxy groups -OCH3 is 1. The molecule has 1 atom stereocenters. The molecule has 0 aromatic heterocycles. The summed E-state index contributed by atoms with van der Waals surface area (Å²) in [6.07, 6.45) is 0.247. The van der Waals surface area contributed by atoms with E-state index in [1.54, 1.807) is 12.1 Å². The maximum Gasteiger partial charge on any atom is 0.306 e. The molecule has 1 aromatic carbocycles. The van der Waals surface area contributed by atoms with E-state index in [0.29, 0.717) is 5.56 Å². The highest BCUT2D eigenvalue weighted by molar-refractivity contribution is 7.86. The lowest BCUT2D eigenvalue weighted by atomic mass is 10.1. The average molecular weight is 258 g/mol. The van der Waals surface area contributed by atoms with E-state index < -0.39 is 16.2 Å². The van der Waals surface area contributed by atoms with Crippen molar-refractivity contribution in [2.75, 3.05) is 13.4 Å². The number of ketones is 1. The van der Waals surface area contributed by atoms with Crippen molar-refractivity contribution in [2.45, 2.75) is 13.0 Å². The van der Waals surface area contributed by atoms with Crippen molar-refractivity contribution in [3.63, 3.8) is 0 Å². The fourth-order valence-corrected chi connectivity index (χ4v) is 1.89. The Balaban J connectivity index is 3.04. The number of hydrogen-bond donors (Lipinski definition) is 0. The van der Waals surface area contributed by atoms with Crippen molar-refractivity contribution in [1.29, 1.82) is 0 Å². The van der Waals surface area contributed by atoms with Crippen molar-refractivity contribution < 1.29 is 22.1 Å². The Kier molecular flexibility index (Phi) is 4.25. The molecule has 1 unspecified atom stereocenters. The molecule has 1 rings (SSSR count). The molecule has 0 heterocycles. The summed E-state index contributed by atoms with van der Waals surface area (Å²) in [6, 6.07) is 6.24. The van der Waals surface area contributed by atoms with Gasteiger partial charge in [-0.2, -0.15) is 8.42 Å². The predicted molar refractivity (Wildman–Crippen MR) is 62.3 cm³/mol. The summed E-state index contributed by atoms with van der Waals surface area (Å²) in [6.45, 7) is 1.40. The van der Waals surface area contributed by atoms with Gasteiger partial charge in [0.15, 0.2) is 5.78 Å². The molecule has 0 aliphatic rings. The molecule has 6 heteroatoms. The standard InChI is InChI=1S/C11H14O5S/c1-8(12)11(15-2)9-5-4-6-10(7-9)16-17(3,13)14/h4-7,11H,1-3H3. The molecule has 0 saturated heterocycles. The van der Waals surface area contributed by atoms with Crippen LogP contribution in [0, 0.1) is 0 Å². The second-order valence-electron chi connectivity index (χ2n) is 3.59. The highest BCUT2D eigenvalue weighted by Crippen LogP contribution is 2.23. The minimum Gasteiger partial charge on any atom is -0.383 e. The zero-order valence-electron chi connectivity index (χ0n) is 9.84. The van der Waals surface area contributed by atoms with Gasteiger partial charge >= 0.3 is 10.1 Å². The van der Waals surface area contributed by atoms with Crippen molar-refractivity contribution in [3.8, 4) is 5.75 Å². The quantitative estimate of drug-likeness (QED) is 0.744. The normalized spacial score (nSPS) is 13.1. The van der Waals surface area contributed by atoms with Crippen LogP contribution in [-0.4, -0.2) is 27.6 Å². The number of benzene rings is 1. The molecule has 94 valence electrons. The molecular formula is C11H14O5S. The molecule has 0 bridgehead atoms. The Morgan fingerprint density at radius 1 is 1.35 bits per heavy atom. The Hall–Kier alpha value is -1.40. The number of ether oxygens (including phenoxy) is 1. The molecule has 5 nitrogen and oxygen atoms in total. The second kappa shape index (κ2) is 5.29. The van der Waals surface area contributed by atoms with Gasteiger partial charge < -0.3 is 8.92 Å². The van der Waals surface area contributed by atoms with Crippen LogP contribution >= 0.6 is 0 Å². The Morgan fingerprint density at radius 3 is 2.47 bits per heavy atom.